The van der Waals surface area contributed by atoms with Crippen LogP contribution in [0.3, 0.4) is 0 Å². The standard InChI is InChI=1S/C17H22N2O2/c1-11(2)21-17-10-13(5-7-15(17)18)19-16-8-6-14(20-4)9-12(16)3/h5-11,19H,18H2,1-4H3. The Morgan fingerprint density at radius 1 is 1.10 bits per heavy atom. The van der Waals surface area contributed by atoms with E-state index in [1.165, 1.54) is 0 Å². The Hall–Kier alpha value is -2.36. The van der Waals surface area contributed by atoms with Crippen LogP contribution in [0.1, 0.15) is 19.4 Å². The Balaban J connectivity index is 2.23. The summed E-state index contributed by atoms with van der Waals surface area (Å²) in [7, 11) is 1.66. The van der Waals surface area contributed by atoms with Gasteiger partial charge in [-0.15, -0.1) is 0 Å². The second kappa shape index (κ2) is 6.39. The van der Waals surface area contributed by atoms with Crippen molar-refractivity contribution in [3.05, 3.63) is 42.0 Å². The second-order valence-electron chi connectivity index (χ2n) is 5.23. The summed E-state index contributed by atoms with van der Waals surface area (Å²) in [5, 5.41) is 3.37. The zero-order valence-corrected chi connectivity index (χ0v) is 12.9. The molecular weight excluding hydrogens is 264 g/mol. The van der Waals surface area contributed by atoms with Crippen LogP contribution in [-0.2, 0) is 0 Å². The third-order valence-corrected chi connectivity index (χ3v) is 3.09. The molecule has 0 amide bonds. The molecule has 0 radical (unpaired) electrons. The number of benzene rings is 2. The van der Waals surface area contributed by atoms with Crippen LogP contribution in [0.25, 0.3) is 0 Å². The summed E-state index contributed by atoms with van der Waals surface area (Å²) in [6.07, 6.45) is 0.0882. The Morgan fingerprint density at radius 2 is 1.86 bits per heavy atom. The van der Waals surface area contributed by atoms with Crippen molar-refractivity contribution in [3.63, 3.8) is 0 Å². The van der Waals surface area contributed by atoms with Crippen LogP contribution in [-0.4, -0.2) is 13.2 Å². The van der Waals surface area contributed by atoms with Gasteiger partial charge in [0.1, 0.15) is 11.5 Å². The van der Waals surface area contributed by atoms with Gasteiger partial charge in [-0.1, -0.05) is 0 Å². The predicted octanol–water partition coefficient (Wildman–Crippen LogP) is 4.12. The van der Waals surface area contributed by atoms with Crippen LogP contribution in [0.5, 0.6) is 11.5 Å². The van der Waals surface area contributed by atoms with E-state index >= 15 is 0 Å². The fraction of sp³-hybridized carbons (Fsp3) is 0.294. The molecule has 2 aromatic carbocycles. The van der Waals surface area contributed by atoms with Gasteiger partial charge in [-0.25, -0.2) is 0 Å². The van der Waals surface area contributed by atoms with E-state index < -0.39 is 0 Å². The molecule has 0 unspecified atom stereocenters. The molecule has 3 N–H and O–H groups in total. The van der Waals surface area contributed by atoms with E-state index in [2.05, 4.69) is 5.32 Å². The fourth-order valence-corrected chi connectivity index (χ4v) is 2.03. The average Bonchev–Trinajstić information content (AvgIpc) is 2.44. The maximum atomic E-state index is 5.93. The molecule has 0 bridgehead atoms. The SMILES string of the molecule is COc1ccc(Nc2ccc(N)c(OC(C)C)c2)c(C)c1. The number of nitrogens with one attached hydrogen (secondary N) is 1. The highest BCUT2D eigenvalue weighted by atomic mass is 16.5. The molecule has 2 aromatic rings. The van der Waals surface area contributed by atoms with Crippen molar-refractivity contribution >= 4 is 17.1 Å². The largest absolute Gasteiger partial charge is 0.497 e. The minimum atomic E-state index is 0.0882. The molecule has 0 aliphatic heterocycles. The predicted molar refractivity (Wildman–Crippen MR) is 87.6 cm³/mol. The number of ether oxygens (including phenoxy) is 2. The van der Waals surface area contributed by atoms with Crippen molar-refractivity contribution in [2.75, 3.05) is 18.2 Å². The van der Waals surface area contributed by atoms with Gasteiger partial charge in [-0.3, -0.25) is 0 Å². The summed E-state index contributed by atoms with van der Waals surface area (Å²) < 4.78 is 10.9. The second-order valence-corrected chi connectivity index (χ2v) is 5.23. The number of rotatable bonds is 5. The van der Waals surface area contributed by atoms with Gasteiger partial charge in [-0.05, 0) is 56.7 Å². The third kappa shape index (κ3) is 3.81. The van der Waals surface area contributed by atoms with Gasteiger partial charge in [0.2, 0.25) is 0 Å². The lowest BCUT2D eigenvalue weighted by atomic mass is 10.1. The number of methoxy groups -OCH3 is 1. The topological polar surface area (TPSA) is 56.5 Å². The van der Waals surface area contributed by atoms with Crippen LogP contribution in [0, 0.1) is 6.92 Å². The summed E-state index contributed by atoms with van der Waals surface area (Å²) >= 11 is 0. The smallest absolute Gasteiger partial charge is 0.144 e. The summed E-state index contributed by atoms with van der Waals surface area (Å²) in [4.78, 5) is 0. The lowest BCUT2D eigenvalue weighted by Crippen LogP contribution is -2.07. The molecule has 2 rings (SSSR count). The normalized spacial score (nSPS) is 10.5. The van der Waals surface area contributed by atoms with Crippen LogP contribution in [0.15, 0.2) is 36.4 Å². The highest BCUT2D eigenvalue weighted by Gasteiger charge is 2.06. The van der Waals surface area contributed by atoms with E-state index in [0.29, 0.717) is 11.4 Å². The minimum absolute atomic E-state index is 0.0882. The van der Waals surface area contributed by atoms with Crippen molar-refractivity contribution in [2.24, 2.45) is 0 Å². The molecule has 21 heavy (non-hydrogen) atoms. The van der Waals surface area contributed by atoms with E-state index in [4.69, 9.17) is 15.2 Å². The molecule has 112 valence electrons. The van der Waals surface area contributed by atoms with Gasteiger partial charge in [0.15, 0.2) is 0 Å². The highest BCUT2D eigenvalue weighted by molar-refractivity contribution is 5.69. The van der Waals surface area contributed by atoms with E-state index in [9.17, 15) is 0 Å². The van der Waals surface area contributed by atoms with Crippen molar-refractivity contribution in [1.82, 2.24) is 0 Å². The van der Waals surface area contributed by atoms with Gasteiger partial charge < -0.3 is 20.5 Å². The number of nitrogen functional groups attached to an aromatic ring is 1. The minimum Gasteiger partial charge on any atom is -0.497 e. The van der Waals surface area contributed by atoms with Gasteiger partial charge >= 0.3 is 0 Å². The molecule has 0 saturated heterocycles. The van der Waals surface area contributed by atoms with Crippen molar-refractivity contribution < 1.29 is 9.47 Å². The van der Waals surface area contributed by atoms with Crippen molar-refractivity contribution in [1.29, 1.82) is 0 Å². The van der Waals surface area contributed by atoms with Crippen LogP contribution in [0.4, 0.5) is 17.1 Å². The van der Waals surface area contributed by atoms with E-state index in [1.54, 1.807) is 7.11 Å². The first-order valence-corrected chi connectivity index (χ1v) is 6.97. The first-order valence-electron chi connectivity index (χ1n) is 6.97. The summed E-state index contributed by atoms with van der Waals surface area (Å²) in [5.74, 6) is 1.54. The molecule has 4 heteroatoms. The Kier molecular flexibility index (Phi) is 4.58. The lowest BCUT2D eigenvalue weighted by molar-refractivity contribution is 0.244. The number of nitrogens with two attached hydrogens (primary N) is 1. The molecule has 0 aromatic heterocycles. The van der Waals surface area contributed by atoms with Gasteiger partial charge in [-0.2, -0.15) is 0 Å². The number of hydrogen-bond donors (Lipinski definition) is 2. The van der Waals surface area contributed by atoms with E-state index in [0.717, 1.165) is 22.7 Å². The number of anilines is 3. The van der Waals surface area contributed by atoms with Crippen molar-refractivity contribution in [2.45, 2.75) is 26.9 Å². The molecule has 0 saturated carbocycles. The quantitative estimate of drug-likeness (QED) is 0.812. The Bertz CT molecular complexity index is 624. The molecule has 0 aliphatic rings. The van der Waals surface area contributed by atoms with Gasteiger partial charge in [0, 0.05) is 17.4 Å². The first kappa shape index (κ1) is 15.0. The first-order chi connectivity index (χ1) is 9.99. The summed E-state index contributed by atoms with van der Waals surface area (Å²) in [6.45, 7) is 5.99. The lowest BCUT2D eigenvalue weighted by Gasteiger charge is -2.15. The molecule has 0 aliphatic carbocycles. The molecular formula is C17H22N2O2. The number of hydrogen-bond acceptors (Lipinski definition) is 4. The summed E-state index contributed by atoms with van der Waals surface area (Å²) in [5.41, 5.74) is 9.64. The fourth-order valence-electron chi connectivity index (χ4n) is 2.03. The molecule has 0 spiro atoms. The number of aryl methyl sites for hydroxylation is 1. The van der Waals surface area contributed by atoms with E-state index in [-0.39, 0.29) is 6.10 Å². The Labute approximate surface area is 125 Å². The molecule has 0 heterocycles. The Morgan fingerprint density at radius 3 is 2.48 bits per heavy atom. The van der Waals surface area contributed by atoms with Crippen LogP contribution >= 0.6 is 0 Å². The molecule has 0 fully saturated rings. The van der Waals surface area contributed by atoms with Crippen LogP contribution < -0.4 is 20.5 Å². The summed E-state index contributed by atoms with van der Waals surface area (Å²) in [6, 6.07) is 11.6. The monoisotopic (exact) mass is 286 g/mol. The van der Waals surface area contributed by atoms with Gasteiger partial charge in [0.05, 0.1) is 18.9 Å². The van der Waals surface area contributed by atoms with Crippen molar-refractivity contribution in [3.8, 4) is 11.5 Å². The molecule has 0 atom stereocenters. The molecule has 4 nitrogen and oxygen atoms in total. The maximum absolute atomic E-state index is 5.93. The zero-order valence-electron chi connectivity index (χ0n) is 12.9. The highest BCUT2D eigenvalue weighted by Crippen LogP contribution is 2.30. The third-order valence-electron chi connectivity index (χ3n) is 3.09. The van der Waals surface area contributed by atoms with E-state index in [1.807, 2.05) is 57.2 Å². The zero-order chi connectivity index (χ0) is 15.4. The van der Waals surface area contributed by atoms with Gasteiger partial charge in [0.25, 0.3) is 0 Å². The van der Waals surface area contributed by atoms with Crippen LogP contribution in [0.2, 0.25) is 0 Å². The maximum Gasteiger partial charge on any atom is 0.144 e. The average molecular weight is 286 g/mol.